The lowest BCUT2D eigenvalue weighted by Gasteiger charge is -2.29. The van der Waals surface area contributed by atoms with Crippen molar-refractivity contribution in [2.45, 2.75) is 38.6 Å². The summed E-state index contributed by atoms with van der Waals surface area (Å²) in [6.07, 6.45) is 3.80. The van der Waals surface area contributed by atoms with E-state index in [-0.39, 0.29) is 23.8 Å². The predicted molar refractivity (Wildman–Crippen MR) is 51.6 cm³/mol. The van der Waals surface area contributed by atoms with Gasteiger partial charge in [0, 0.05) is 13.0 Å². The number of hydrogen-bond donors (Lipinski definition) is 1. The fraction of sp³-hybridized carbons (Fsp3) is 0.800. The molecule has 0 radical (unpaired) electrons. The fourth-order valence-corrected chi connectivity index (χ4v) is 2.00. The molecule has 14 heavy (non-hydrogen) atoms. The molecule has 1 aliphatic carbocycles. The zero-order valence-corrected chi connectivity index (χ0v) is 8.71. The minimum Gasteiger partial charge on any atom is -0.469 e. The van der Waals surface area contributed by atoms with E-state index in [1.807, 2.05) is 0 Å². The van der Waals surface area contributed by atoms with Gasteiger partial charge in [-0.2, -0.15) is 0 Å². The normalized spacial score (nSPS) is 26.7. The standard InChI is InChI=1S/C10H17NO3/c1-7(12)11-9-6-4-3-5-8(9)10(13)14-2/h8-9H,3-6H2,1-2H3,(H,11,12)/t8-,9+/m1/s1. The van der Waals surface area contributed by atoms with Gasteiger partial charge in [0.15, 0.2) is 0 Å². The van der Waals surface area contributed by atoms with Gasteiger partial charge in [0.25, 0.3) is 0 Å². The third kappa shape index (κ3) is 2.72. The number of hydrogen-bond acceptors (Lipinski definition) is 3. The molecule has 4 heteroatoms. The van der Waals surface area contributed by atoms with Crippen molar-refractivity contribution in [1.82, 2.24) is 5.32 Å². The highest BCUT2D eigenvalue weighted by Gasteiger charge is 2.31. The van der Waals surface area contributed by atoms with E-state index in [9.17, 15) is 9.59 Å². The molecule has 1 fully saturated rings. The van der Waals surface area contributed by atoms with Crippen LogP contribution in [0.25, 0.3) is 0 Å². The molecule has 0 aromatic heterocycles. The van der Waals surface area contributed by atoms with Gasteiger partial charge in [-0.25, -0.2) is 0 Å². The van der Waals surface area contributed by atoms with Crippen LogP contribution in [-0.4, -0.2) is 25.0 Å². The Balaban J connectivity index is 2.58. The van der Waals surface area contributed by atoms with Crippen molar-refractivity contribution >= 4 is 11.9 Å². The minimum absolute atomic E-state index is 0.0336. The molecule has 0 aromatic rings. The Bertz CT molecular complexity index is 227. The number of carbonyl (C=O) groups is 2. The average Bonchev–Trinajstić information content (AvgIpc) is 2.16. The largest absolute Gasteiger partial charge is 0.469 e. The SMILES string of the molecule is COC(=O)[C@@H]1CCCC[C@@H]1NC(C)=O. The Hall–Kier alpha value is -1.06. The smallest absolute Gasteiger partial charge is 0.310 e. The molecule has 1 N–H and O–H groups in total. The zero-order chi connectivity index (χ0) is 10.6. The van der Waals surface area contributed by atoms with Gasteiger partial charge in [-0.1, -0.05) is 12.8 Å². The van der Waals surface area contributed by atoms with E-state index in [1.165, 1.54) is 14.0 Å². The molecule has 2 atom stereocenters. The molecule has 0 saturated heterocycles. The number of ether oxygens (including phenoxy) is 1. The van der Waals surface area contributed by atoms with Crippen molar-refractivity contribution in [3.8, 4) is 0 Å². The molecule has 80 valence electrons. The Morgan fingerprint density at radius 1 is 1.29 bits per heavy atom. The summed E-state index contributed by atoms with van der Waals surface area (Å²) in [7, 11) is 1.39. The minimum atomic E-state index is -0.205. The Kier molecular flexibility index (Phi) is 3.92. The molecule has 1 aliphatic rings. The van der Waals surface area contributed by atoms with Gasteiger partial charge in [0.2, 0.25) is 5.91 Å². The summed E-state index contributed by atoms with van der Waals surface area (Å²) < 4.78 is 4.71. The maximum atomic E-state index is 11.4. The van der Waals surface area contributed by atoms with Crippen LogP contribution < -0.4 is 5.32 Å². The molecule has 0 aromatic carbocycles. The summed E-state index contributed by atoms with van der Waals surface area (Å²) in [5.41, 5.74) is 0. The molecule has 0 heterocycles. The van der Waals surface area contributed by atoms with Gasteiger partial charge in [-0.15, -0.1) is 0 Å². The number of methoxy groups -OCH3 is 1. The van der Waals surface area contributed by atoms with Crippen LogP contribution in [0.4, 0.5) is 0 Å². The van der Waals surface area contributed by atoms with Gasteiger partial charge < -0.3 is 10.1 Å². The number of nitrogens with one attached hydrogen (secondary N) is 1. The summed E-state index contributed by atoms with van der Waals surface area (Å²) in [5.74, 6) is -0.438. The van der Waals surface area contributed by atoms with Crippen LogP contribution in [0.5, 0.6) is 0 Å². The molecule has 1 amide bonds. The Morgan fingerprint density at radius 3 is 2.50 bits per heavy atom. The molecular formula is C10H17NO3. The highest BCUT2D eigenvalue weighted by atomic mass is 16.5. The van der Waals surface area contributed by atoms with Crippen molar-refractivity contribution in [3.05, 3.63) is 0 Å². The van der Waals surface area contributed by atoms with Crippen LogP contribution >= 0.6 is 0 Å². The molecule has 0 spiro atoms. The predicted octanol–water partition coefficient (Wildman–Crippen LogP) is 0.854. The van der Waals surface area contributed by atoms with Crippen LogP contribution in [0.15, 0.2) is 0 Å². The van der Waals surface area contributed by atoms with Crippen LogP contribution in [-0.2, 0) is 14.3 Å². The molecular weight excluding hydrogens is 182 g/mol. The molecule has 1 rings (SSSR count). The van der Waals surface area contributed by atoms with Crippen molar-refractivity contribution < 1.29 is 14.3 Å². The van der Waals surface area contributed by atoms with Gasteiger partial charge >= 0.3 is 5.97 Å². The van der Waals surface area contributed by atoms with Crippen LogP contribution in [0, 0.1) is 5.92 Å². The maximum Gasteiger partial charge on any atom is 0.310 e. The van der Waals surface area contributed by atoms with E-state index in [0.717, 1.165) is 25.7 Å². The van der Waals surface area contributed by atoms with Crippen LogP contribution in [0.2, 0.25) is 0 Å². The first-order valence-corrected chi connectivity index (χ1v) is 5.00. The highest BCUT2D eigenvalue weighted by Crippen LogP contribution is 2.25. The second-order valence-corrected chi connectivity index (χ2v) is 3.72. The van der Waals surface area contributed by atoms with Gasteiger partial charge in [0.05, 0.1) is 13.0 Å². The summed E-state index contributed by atoms with van der Waals surface area (Å²) in [6, 6.07) is -0.0336. The highest BCUT2D eigenvalue weighted by molar-refractivity contribution is 5.77. The number of amides is 1. The molecule has 4 nitrogen and oxygen atoms in total. The van der Waals surface area contributed by atoms with Gasteiger partial charge in [0.1, 0.15) is 0 Å². The number of carbonyl (C=O) groups excluding carboxylic acids is 2. The van der Waals surface area contributed by atoms with E-state index >= 15 is 0 Å². The van der Waals surface area contributed by atoms with Crippen molar-refractivity contribution in [2.75, 3.05) is 7.11 Å². The number of esters is 1. The van der Waals surface area contributed by atoms with E-state index in [0.29, 0.717) is 0 Å². The fourth-order valence-electron chi connectivity index (χ4n) is 2.00. The van der Waals surface area contributed by atoms with Gasteiger partial charge in [-0.3, -0.25) is 9.59 Å². The summed E-state index contributed by atoms with van der Waals surface area (Å²) in [6.45, 7) is 1.48. The molecule has 0 unspecified atom stereocenters. The lowest BCUT2D eigenvalue weighted by Crippen LogP contribution is -2.44. The quantitative estimate of drug-likeness (QED) is 0.671. The van der Waals surface area contributed by atoms with Crippen LogP contribution in [0.3, 0.4) is 0 Å². The number of rotatable bonds is 2. The monoisotopic (exact) mass is 199 g/mol. The topological polar surface area (TPSA) is 55.4 Å². The third-order valence-corrected chi connectivity index (χ3v) is 2.66. The third-order valence-electron chi connectivity index (χ3n) is 2.66. The van der Waals surface area contributed by atoms with Crippen molar-refractivity contribution in [2.24, 2.45) is 5.92 Å². The second-order valence-electron chi connectivity index (χ2n) is 3.72. The summed E-state index contributed by atoms with van der Waals surface area (Å²) >= 11 is 0. The second kappa shape index (κ2) is 4.98. The first kappa shape index (κ1) is 11.0. The van der Waals surface area contributed by atoms with E-state index in [4.69, 9.17) is 4.74 Å². The molecule has 1 saturated carbocycles. The van der Waals surface area contributed by atoms with Gasteiger partial charge in [-0.05, 0) is 12.8 Å². The summed E-state index contributed by atoms with van der Waals surface area (Å²) in [4.78, 5) is 22.3. The zero-order valence-electron chi connectivity index (χ0n) is 8.71. The van der Waals surface area contributed by atoms with E-state index < -0.39 is 0 Å². The van der Waals surface area contributed by atoms with E-state index in [2.05, 4.69) is 5.32 Å². The van der Waals surface area contributed by atoms with E-state index in [1.54, 1.807) is 0 Å². The summed E-state index contributed by atoms with van der Waals surface area (Å²) in [5, 5.41) is 2.81. The Morgan fingerprint density at radius 2 is 1.93 bits per heavy atom. The van der Waals surface area contributed by atoms with Crippen molar-refractivity contribution in [1.29, 1.82) is 0 Å². The molecule has 0 bridgehead atoms. The lowest BCUT2D eigenvalue weighted by molar-refractivity contribution is -0.147. The maximum absolute atomic E-state index is 11.4. The van der Waals surface area contributed by atoms with Crippen molar-refractivity contribution in [3.63, 3.8) is 0 Å². The first-order valence-electron chi connectivity index (χ1n) is 5.00. The first-order chi connectivity index (χ1) is 6.65. The molecule has 0 aliphatic heterocycles. The van der Waals surface area contributed by atoms with Crippen LogP contribution in [0.1, 0.15) is 32.6 Å². The average molecular weight is 199 g/mol. The Labute approximate surface area is 84.0 Å². The lowest BCUT2D eigenvalue weighted by atomic mass is 9.84.